The number of nitrogens with one attached hydrogen (secondary N) is 3. The summed E-state index contributed by atoms with van der Waals surface area (Å²) in [5.41, 5.74) is 3.61. The van der Waals surface area contributed by atoms with Gasteiger partial charge in [-0.2, -0.15) is 0 Å². The van der Waals surface area contributed by atoms with Crippen LogP contribution in [0.25, 0.3) is 33.5 Å². The monoisotopic (exact) mass is 363 g/mol. The summed E-state index contributed by atoms with van der Waals surface area (Å²) in [7, 11) is 1.66. The van der Waals surface area contributed by atoms with E-state index >= 15 is 0 Å². The molecule has 1 aliphatic rings. The van der Waals surface area contributed by atoms with Crippen LogP contribution in [-0.2, 0) is 0 Å². The van der Waals surface area contributed by atoms with Gasteiger partial charge in [-0.3, -0.25) is 0 Å². The highest BCUT2D eigenvalue weighted by molar-refractivity contribution is 5.89. The van der Waals surface area contributed by atoms with Gasteiger partial charge in [0.25, 0.3) is 5.82 Å². The molecule has 27 heavy (non-hydrogen) atoms. The van der Waals surface area contributed by atoms with Crippen LogP contribution in [0, 0.1) is 0 Å². The summed E-state index contributed by atoms with van der Waals surface area (Å²) in [6.07, 6.45) is 4.23. The lowest BCUT2D eigenvalue weighted by Gasteiger charge is -2.24. The second-order valence-corrected chi connectivity index (χ2v) is 7.33. The fraction of sp³-hybridized carbons (Fsp3) is 0.333. The predicted molar refractivity (Wildman–Crippen MR) is 104 cm³/mol. The van der Waals surface area contributed by atoms with Gasteiger partial charge in [-0.25, -0.2) is 4.98 Å². The van der Waals surface area contributed by atoms with E-state index in [1.54, 1.807) is 7.11 Å². The molecule has 1 aliphatic heterocycles. The van der Waals surface area contributed by atoms with E-state index in [1.807, 2.05) is 30.5 Å². The summed E-state index contributed by atoms with van der Waals surface area (Å²) in [6, 6.07) is 10.5. The molecule has 6 nitrogen and oxygen atoms in total. The van der Waals surface area contributed by atoms with Crippen LogP contribution < -0.4 is 15.0 Å². The standard InChI is InChI=1S/C21H22N4O2/c1-12-8-14(6-7-22-12)21-23-11-17-15(25-21)10-16(24-17)19-9-13-4-3-5-18(26-2)20(13)27-19/h3-5,9-12,14,22,24H,6-8H2,1-2H3/p+1. The topological polar surface area (TPSA) is 77.2 Å². The molecule has 0 spiro atoms. The predicted octanol–water partition coefficient (Wildman–Crippen LogP) is 3.65. The highest BCUT2D eigenvalue weighted by Crippen LogP contribution is 2.34. The Morgan fingerprint density at radius 3 is 3.07 bits per heavy atom. The number of aromatic nitrogens is 3. The molecule has 1 fully saturated rings. The van der Waals surface area contributed by atoms with Crippen LogP contribution in [0.4, 0.5) is 0 Å². The van der Waals surface area contributed by atoms with Crippen molar-refractivity contribution in [3.63, 3.8) is 0 Å². The molecule has 2 atom stereocenters. The Bertz CT molecular complexity index is 1110. The molecule has 0 amide bonds. The Balaban J connectivity index is 1.53. The first kappa shape index (κ1) is 16.3. The highest BCUT2D eigenvalue weighted by Gasteiger charge is 2.27. The third kappa shape index (κ3) is 2.86. The number of rotatable bonds is 3. The second kappa shape index (κ2) is 6.39. The van der Waals surface area contributed by atoms with Gasteiger partial charge in [0.1, 0.15) is 11.7 Å². The average molecular weight is 363 g/mol. The fourth-order valence-corrected chi connectivity index (χ4v) is 4.02. The molecule has 4 aromatic rings. The molecule has 3 N–H and O–H groups in total. The number of piperidine rings is 1. The minimum Gasteiger partial charge on any atom is -0.493 e. The van der Waals surface area contributed by atoms with E-state index in [1.165, 1.54) is 0 Å². The van der Waals surface area contributed by atoms with Gasteiger partial charge in [-0.15, -0.1) is 0 Å². The fourth-order valence-electron chi connectivity index (χ4n) is 4.02. The van der Waals surface area contributed by atoms with Crippen LogP contribution in [0.5, 0.6) is 5.75 Å². The van der Waals surface area contributed by atoms with Crippen LogP contribution in [0.1, 0.15) is 31.5 Å². The zero-order chi connectivity index (χ0) is 18.4. The molecule has 138 valence electrons. The SMILES string of the molecule is COc1cccc2cc(-c3cc4nc(C5CCNC(C)C5)[nH+]cc4[nH]3)oc12. The smallest absolute Gasteiger partial charge is 0.300 e. The van der Waals surface area contributed by atoms with Crippen molar-refractivity contribution in [3.8, 4) is 17.2 Å². The van der Waals surface area contributed by atoms with Gasteiger partial charge in [0.2, 0.25) is 5.52 Å². The van der Waals surface area contributed by atoms with E-state index in [4.69, 9.17) is 14.1 Å². The number of ether oxygens (including phenoxy) is 1. The zero-order valence-electron chi connectivity index (χ0n) is 15.5. The van der Waals surface area contributed by atoms with Crippen molar-refractivity contribution in [2.45, 2.75) is 31.7 Å². The van der Waals surface area contributed by atoms with Gasteiger partial charge in [0.05, 0.1) is 18.7 Å². The first-order valence-electron chi connectivity index (χ1n) is 9.43. The van der Waals surface area contributed by atoms with E-state index in [0.29, 0.717) is 12.0 Å². The molecule has 1 saturated heterocycles. The molecule has 0 saturated carbocycles. The van der Waals surface area contributed by atoms with Crippen LogP contribution in [-0.4, -0.2) is 29.7 Å². The number of methoxy groups -OCH3 is 1. The number of benzene rings is 1. The minimum atomic E-state index is 0.472. The Morgan fingerprint density at radius 2 is 2.22 bits per heavy atom. The number of hydrogen-bond acceptors (Lipinski definition) is 4. The normalized spacial score (nSPS) is 20.4. The molecular formula is C21H23N4O2+. The summed E-state index contributed by atoms with van der Waals surface area (Å²) in [4.78, 5) is 11.7. The summed E-state index contributed by atoms with van der Waals surface area (Å²) in [6.45, 7) is 3.27. The van der Waals surface area contributed by atoms with E-state index in [2.05, 4.69) is 28.3 Å². The quantitative estimate of drug-likeness (QED) is 0.582. The summed E-state index contributed by atoms with van der Waals surface area (Å²) in [5, 5.41) is 4.52. The van der Waals surface area contributed by atoms with Crippen LogP contribution in [0.15, 0.2) is 40.9 Å². The third-order valence-corrected chi connectivity index (χ3v) is 5.44. The number of H-pyrrole nitrogens is 2. The van der Waals surface area contributed by atoms with E-state index in [-0.39, 0.29) is 0 Å². The number of para-hydroxylation sites is 1. The van der Waals surface area contributed by atoms with Gasteiger partial charge in [0.15, 0.2) is 17.1 Å². The van der Waals surface area contributed by atoms with Crippen LogP contribution in [0.3, 0.4) is 0 Å². The van der Waals surface area contributed by atoms with Crippen LogP contribution >= 0.6 is 0 Å². The van der Waals surface area contributed by atoms with Gasteiger partial charge in [-0.1, -0.05) is 12.1 Å². The lowest BCUT2D eigenvalue weighted by atomic mass is 9.92. The molecule has 0 aliphatic carbocycles. The van der Waals surface area contributed by atoms with Crippen molar-refractivity contribution in [2.24, 2.45) is 0 Å². The molecule has 4 heterocycles. The molecule has 2 unspecified atom stereocenters. The van der Waals surface area contributed by atoms with Gasteiger partial charge in [0, 0.05) is 17.5 Å². The first-order chi connectivity index (χ1) is 13.2. The molecule has 0 bridgehead atoms. The maximum absolute atomic E-state index is 6.06. The molecule has 3 aromatic heterocycles. The summed E-state index contributed by atoms with van der Waals surface area (Å²) >= 11 is 0. The van der Waals surface area contributed by atoms with Crippen molar-refractivity contribution < 1.29 is 14.1 Å². The molecule has 6 heteroatoms. The lowest BCUT2D eigenvalue weighted by Crippen LogP contribution is -2.36. The van der Waals surface area contributed by atoms with Crippen molar-refractivity contribution >= 4 is 22.0 Å². The van der Waals surface area contributed by atoms with Crippen molar-refractivity contribution in [1.82, 2.24) is 15.3 Å². The maximum Gasteiger partial charge on any atom is 0.300 e. The van der Waals surface area contributed by atoms with Gasteiger partial charge < -0.3 is 19.5 Å². The molecule has 1 aromatic carbocycles. The van der Waals surface area contributed by atoms with Crippen molar-refractivity contribution in [3.05, 3.63) is 42.4 Å². The number of fused-ring (bicyclic) bond motifs is 2. The molecule has 5 rings (SSSR count). The Kier molecular flexibility index (Phi) is 3.86. The Hall–Kier alpha value is -2.86. The van der Waals surface area contributed by atoms with E-state index in [0.717, 1.165) is 64.4 Å². The summed E-state index contributed by atoms with van der Waals surface area (Å²) < 4.78 is 11.5. The van der Waals surface area contributed by atoms with Crippen molar-refractivity contribution in [2.75, 3.05) is 13.7 Å². The number of furan rings is 1. The number of aromatic amines is 2. The maximum atomic E-state index is 6.06. The Labute approximate surface area is 157 Å². The summed E-state index contributed by atoms with van der Waals surface area (Å²) in [5.74, 6) is 3.06. The number of hydrogen-bond donors (Lipinski definition) is 2. The van der Waals surface area contributed by atoms with E-state index in [9.17, 15) is 0 Å². The first-order valence-corrected chi connectivity index (χ1v) is 9.43. The zero-order valence-corrected chi connectivity index (χ0v) is 15.5. The van der Waals surface area contributed by atoms with Crippen LogP contribution in [0.2, 0.25) is 0 Å². The lowest BCUT2D eigenvalue weighted by molar-refractivity contribution is -0.397. The third-order valence-electron chi connectivity index (χ3n) is 5.44. The average Bonchev–Trinajstić information content (AvgIpc) is 3.31. The van der Waals surface area contributed by atoms with Crippen molar-refractivity contribution in [1.29, 1.82) is 0 Å². The van der Waals surface area contributed by atoms with E-state index < -0.39 is 0 Å². The minimum absolute atomic E-state index is 0.472. The highest BCUT2D eigenvalue weighted by atomic mass is 16.5. The molecular weight excluding hydrogens is 340 g/mol. The Morgan fingerprint density at radius 1 is 1.30 bits per heavy atom. The van der Waals surface area contributed by atoms with Gasteiger partial charge in [-0.05, 0) is 43.4 Å². The second-order valence-electron chi connectivity index (χ2n) is 7.33. The number of nitrogens with zero attached hydrogens (tertiary/aromatic N) is 1. The molecule has 0 radical (unpaired) electrons. The van der Waals surface area contributed by atoms with Gasteiger partial charge >= 0.3 is 0 Å². The largest absolute Gasteiger partial charge is 0.493 e.